The van der Waals surface area contributed by atoms with Crippen LogP contribution in [0.25, 0.3) is 0 Å². The van der Waals surface area contributed by atoms with E-state index in [2.05, 4.69) is 142 Å². The van der Waals surface area contributed by atoms with Gasteiger partial charge in [0, 0.05) is 19.3 Å². The lowest BCUT2D eigenvalue weighted by Crippen LogP contribution is -2.30. The maximum atomic E-state index is 13.0. The van der Waals surface area contributed by atoms with Crippen LogP contribution in [0.1, 0.15) is 316 Å². The molecule has 0 rings (SSSR count). The number of allylic oxidation sites excluding steroid dienone is 20. The predicted octanol–water partition coefficient (Wildman–Crippen LogP) is 23.6. The second kappa shape index (κ2) is 68.3. The fourth-order valence-corrected chi connectivity index (χ4v) is 9.40. The van der Waals surface area contributed by atoms with Crippen LogP contribution in [0.2, 0.25) is 0 Å². The summed E-state index contributed by atoms with van der Waals surface area (Å²) in [5.74, 6) is -0.892. The van der Waals surface area contributed by atoms with Crippen molar-refractivity contribution < 1.29 is 28.6 Å². The first-order valence-electron chi connectivity index (χ1n) is 34.0. The molecule has 0 amide bonds. The van der Waals surface area contributed by atoms with Crippen molar-refractivity contribution in [3.63, 3.8) is 0 Å². The lowest BCUT2D eigenvalue weighted by molar-refractivity contribution is -0.167. The normalized spacial score (nSPS) is 12.9. The molecule has 0 radical (unpaired) electrons. The number of carbonyl (C=O) groups is 3. The molecule has 1 unspecified atom stereocenters. The number of carbonyl (C=O) groups excluding carboxylic acids is 3. The highest BCUT2D eigenvalue weighted by Gasteiger charge is 2.19. The fourth-order valence-electron chi connectivity index (χ4n) is 9.40. The molecule has 0 fully saturated rings. The van der Waals surface area contributed by atoms with E-state index in [4.69, 9.17) is 14.2 Å². The molecule has 0 aliphatic rings. The molecule has 0 heterocycles. The summed E-state index contributed by atoms with van der Waals surface area (Å²) in [6.07, 6.45) is 94.9. The van der Waals surface area contributed by atoms with Crippen molar-refractivity contribution in [3.05, 3.63) is 122 Å². The van der Waals surface area contributed by atoms with E-state index in [1.165, 1.54) is 154 Å². The third-order valence-corrected chi connectivity index (χ3v) is 14.4. The largest absolute Gasteiger partial charge is 0.462 e. The van der Waals surface area contributed by atoms with Crippen molar-refractivity contribution in [2.75, 3.05) is 13.2 Å². The summed E-state index contributed by atoms with van der Waals surface area (Å²) < 4.78 is 17.0. The van der Waals surface area contributed by atoms with E-state index in [-0.39, 0.29) is 31.1 Å². The van der Waals surface area contributed by atoms with E-state index in [1.807, 2.05) is 0 Å². The summed E-state index contributed by atoms with van der Waals surface area (Å²) in [4.78, 5) is 38.5. The predicted molar refractivity (Wildman–Crippen MR) is 353 cm³/mol. The Labute approximate surface area is 501 Å². The Morgan fingerprint density at radius 2 is 0.481 bits per heavy atom. The Bertz CT molecular complexity index is 1670. The van der Waals surface area contributed by atoms with E-state index in [0.29, 0.717) is 19.3 Å². The van der Waals surface area contributed by atoms with Crippen molar-refractivity contribution >= 4 is 17.9 Å². The van der Waals surface area contributed by atoms with Gasteiger partial charge in [-0.05, 0) is 128 Å². The Morgan fingerprint density at radius 1 is 0.259 bits per heavy atom. The van der Waals surface area contributed by atoms with Crippen LogP contribution in [-0.2, 0) is 28.6 Å². The average molecular weight is 1120 g/mol. The molecule has 1 atom stereocenters. The number of hydrogen-bond acceptors (Lipinski definition) is 6. The lowest BCUT2D eigenvalue weighted by atomic mass is 10.1. The van der Waals surface area contributed by atoms with E-state index >= 15 is 0 Å². The van der Waals surface area contributed by atoms with Crippen LogP contribution >= 0.6 is 0 Å². The first-order valence-corrected chi connectivity index (χ1v) is 34.0. The van der Waals surface area contributed by atoms with Gasteiger partial charge in [-0.25, -0.2) is 0 Å². The number of ether oxygens (including phenoxy) is 3. The van der Waals surface area contributed by atoms with Gasteiger partial charge in [-0.2, -0.15) is 0 Å². The maximum Gasteiger partial charge on any atom is 0.306 e. The molecule has 0 aromatic carbocycles. The highest BCUT2D eigenvalue weighted by molar-refractivity contribution is 5.71. The molecule has 0 aromatic rings. The average Bonchev–Trinajstić information content (AvgIpc) is 3.47. The summed E-state index contributed by atoms with van der Waals surface area (Å²) in [5, 5.41) is 0. The van der Waals surface area contributed by atoms with Gasteiger partial charge in [0.1, 0.15) is 13.2 Å². The molecule has 0 spiro atoms. The molecule has 0 aliphatic heterocycles. The summed E-state index contributed by atoms with van der Waals surface area (Å²) in [6, 6.07) is 0. The molecular weight excluding hydrogens is 997 g/mol. The minimum absolute atomic E-state index is 0.0859. The summed E-state index contributed by atoms with van der Waals surface area (Å²) in [7, 11) is 0. The molecule has 6 nitrogen and oxygen atoms in total. The summed E-state index contributed by atoms with van der Waals surface area (Å²) in [5.41, 5.74) is 0. The number of esters is 3. The van der Waals surface area contributed by atoms with Crippen molar-refractivity contribution in [2.45, 2.75) is 322 Å². The monoisotopic (exact) mass is 1120 g/mol. The number of unbranched alkanes of at least 4 members (excludes halogenated alkanes) is 30. The highest BCUT2D eigenvalue weighted by atomic mass is 16.6. The Kier molecular flexibility index (Phi) is 64.8. The quantitative estimate of drug-likeness (QED) is 0.0261. The lowest BCUT2D eigenvalue weighted by Gasteiger charge is -2.18. The number of hydrogen-bond donors (Lipinski definition) is 0. The van der Waals surface area contributed by atoms with Gasteiger partial charge in [-0.1, -0.05) is 290 Å². The minimum atomic E-state index is -0.792. The van der Waals surface area contributed by atoms with Crippen molar-refractivity contribution in [1.82, 2.24) is 0 Å². The van der Waals surface area contributed by atoms with Crippen LogP contribution in [0.5, 0.6) is 0 Å². The maximum absolute atomic E-state index is 13.0. The van der Waals surface area contributed by atoms with Gasteiger partial charge < -0.3 is 14.2 Å². The standard InChI is InChI=1S/C75H126O6/c1-4-7-10-13-16-19-22-25-28-31-34-36-37-39-41-44-47-50-53-56-59-62-65-68-74(77)80-71-72(70-79-73(76)67-64-61-58-55-52-49-46-43-40-33-30-27-24-21-18-15-12-9-6-3)81-75(78)69-66-63-60-57-54-51-48-45-42-38-35-32-29-26-23-20-17-14-11-8-5-2/h7-8,10-11,16-21,25-30,34-36,38,72H,4-6,9,12-15,22-24,31-33,37,39-71H2,1-3H3/b10-7-,11-8-,19-16-,20-17-,21-18-,28-25-,29-26-,30-27-,36-34-,38-35-. The molecule has 0 saturated carbocycles. The third kappa shape index (κ3) is 66.5. The Morgan fingerprint density at radius 3 is 0.753 bits per heavy atom. The van der Waals surface area contributed by atoms with Gasteiger partial charge in [0.25, 0.3) is 0 Å². The Hall–Kier alpha value is -4.19. The second-order valence-corrected chi connectivity index (χ2v) is 22.3. The zero-order chi connectivity index (χ0) is 58.5. The SMILES string of the molecule is CC/C=C\C/C=C\C/C=C\C/C=C\CCCCCCCCCCCCC(=O)OCC(COC(=O)CCCCCCCCCCC/C=C\C/C=C\CCCCC)OC(=O)CCCCCCCCCC/C=C\C/C=C\C/C=C\C/C=C\CC. The second-order valence-electron chi connectivity index (χ2n) is 22.3. The van der Waals surface area contributed by atoms with Gasteiger partial charge in [-0.3, -0.25) is 14.4 Å². The zero-order valence-corrected chi connectivity index (χ0v) is 53.0. The molecular formula is C75H126O6. The van der Waals surface area contributed by atoms with Crippen LogP contribution in [-0.4, -0.2) is 37.2 Å². The van der Waals surface area contributed by atoms with Gasteiger partial charge in [0.05, 0.1) is 0 Å². The van der Waals surface area contributed by atoms with Crippen molar-refractivity contribution in [1.29, 1.82) is 0 Å². The van der Waals surface area contributed by atoms with E-state index in [0.717, 1.165) is 122 Å². The molecule has 0 bridgehead atoms. The molecule has 6 heteroatoms. The number of rotatable bonds is 61. The van der Waals surface area contributed by atoms with Crippen molar-refractivity contribution in [2.24, 2.45) is 0 Å². The highest BCUT2D eigenvalue weighted by Crippen LogP contribution is 2.16. The van der Waals surface area contributed by atoms with Crippen LogP contribution in [0, 0.1) is 0 Å². The molecule has 0 saturated heterocycles. The third-order valence-electron chi connectivity index (χ3n) is 14.4. The smallest absolute Gasteiger partial charge is 0.306 e. The minimum Gasteiger partial charge on any atom is -0.462 e. The van der Waals surface area contributed by atoms with Gasteiger partial charge in [0.15, 0.2) is 6.10 Å². The van der Waals surface area contributed by atoms with E-state index in [1.54, 1.807) is 0 Å². The van der Waals surface area contributed by atoms with E-state index < -0.39 is 6.10 Å². The van der Waals surface area contributed by atoms with Gasteiger partial charge in [0.2, 0.25) is 0 Å². The van der Waals surface area contributed by atoms with E-state index in [9.17, 15) is 14.4 Å². The van der Waals surface area contributed by atoms with Gasteiger partial charge in [-0.15, -0.1) is 0 Å². The molecule has 462 valence electrons. The Balaban J connectivity index is 4.41. The summed E-state index contributed by atoms with van der Waals surface area (Å²) >= 11 is 0. The first kappa shape index (κ1) is 76.8. The first-order chi connectivity index (χ1) is 40.0. The van der Waals surface area contributed by atoms with Crippen molar-refractivity contribution in [3.8, 4) is 0 Å². The molecule has 81 heavy (non-hydrogen) atoms. The molecule has 0 N–H and O–H groups in total. The summed E-state index contributed by atoms with van der Waals surface area (Å²) in [6.45, 7) is 6.41. The van der Waals surface area contributed by atoms with Gasteiger partial charge >= 0.3 is 17.9 Å². The molecule has 0 aromatic heterocycles. The van der Waals surface area contributed by atoms with Crippen LogP contribution < -0.4 is 0 Å². The topological polar surface area (TPSA) is 78.9 Å². The van der Waals surface area contributed by atoms with Crippen LogP contribution in [0.3, 0.4) is 0 Å². The zero-order valence-electron chi connectivity index (χ0n) is 53.0. The van der Waals surface area contributed by atoms with Crippen LogP contribution in [0.15, 0.2) is 122 Å². The molecule has 0 aliphatic carbocycles. The van der Waals surface area contributed by atoms with Crippen LogP contribution in [0.4, 0.5) is 0 Å². The fraction of sp³-hybridized carbons (Fsp3) is 0.693.